The molecule has 58 heavy (non-hydrogen) atoms. The quantitative estimate of drug-likeness (QED) is 0.0326. The molecule has 0 aliphatic carbocycles. The van der Waals surface area contributed by atoms with E-state index < -0.39 is 18.2 Å². The zero-order valence-electron chi connectivity index (χ0n) is 37.4. The van der Waals surface area contributed by atoms with Crippen LogP contribution in [0.4, 0.5) is 0 Å². The highest BCUT2D eigenvalue weighted by atomic mass is 16.5. The summed E-state index contributed by atoms with van der Waals surface area (Å²) in [7, 11) is 0. The summed E-state index contributed by atoms with van der Waals surface area (Å²) in [4.78, 5) is 26.0. The summed E-state index contributed by atoms with van der Waals surface area (Å²) < 4.78 is 5.87. The molecule has 0 fully saturated rings. The highest BCUT2D eigenvalue weighted by molar-refractivity contribution is 5.77. The number of hydrogen-bond donors (Lipinski definition) is 3. The molecule has 0 bridgehead atoms. The molecule has 0 heterocycles. The Morgan fingerprint density at radius 1 is 0.517 bits per heavy atom. The van der Waals surface area contributed by atoms with Gasteiger partial charge in [-0.3, -0.25) is 9.59 Å². The first-order chi connectivity index (χ1) is 28.5. The number of aliphatic hydroxyl groups excluding tert-OH is 2. The molecule has 3 unspecified atom stereocenters. The lowest BCUT2D eigenvalue weighted by atomic mass is 10.0. The van der Waals surface area contributed by atoms with E-state index in [2.05, 4.69) is 62.5 Å². The van der Waals surface area contributed by atoms with E-state index in [-0.39, 0.29) is 24.9 Å². The van der Waals surface area contributed by atoms with Gasteiger partial charge in [0, 0.05) is 6.42 Å². The van der Waals surface area contributed by atoms with E-state index in [0.29, 0.717) is 19.3 Å². The fraction of sp³-hybridized carbons (Fsp3) is 0.654. The van der Waals surface area contributed by atoms with Gasteiger partial charge in [-0.2, -0.15) is 0 Å². The summed E-state index contributed by atoms with van der Waals surface area (Å²) in [6, 6.07) is -0.728. The maximum atomic E-state index is 13.2. The first-order valence-electron chi connectivity index (χ1n) is 23.6. The maximum absolute atomic E-state index is 13.2. The first kappa shape index (κ1) is 54.8. The fourth-order valence-electron chi connectivity index (χ4n) is 6.57. The molecule has 3 N–H and O–H groups in total. The third-order valence-electron chi connectivity index (χ3n) is 10.1. The second kappa shape index (κ2) is 44.9. The van der Waals surface area contributed by atoms with Gasteiger partial charge < -0.3 is 20.3 Å². The molecule has 6 heteroatoms. The third-order valence-corrected chi connectivity index (χ3v) is 10.1. The smallest absolute Gasteiger partial charge is 0.306 e. The van der Waals surface area contributed by atoms with Crippen molar-refractivity contribution in [3.8, 4) is 0 Å². The summed E-state index contributed by atoms with van der Waals surface area (Å²) in [5, 5.41) is 23.7. The van der Waals surface area contributed by atoms with Crippen LogP contribution in [0.3, 0.4) is 0 Å². The summed E-state index contributed by atoms with van der Waals surface area (Å²) in [5.41, 5.74) is 0. The predicted octanol–water partition coefficient (Wildman–Crippen LogP) is 13.8. The van der Waals surface area contributed by atoms with Gasteiger partial charge in [0.1, 0.15) is 6.10 Å². The Kier molecular flexibility index (Phi) is 42.4. The highest BCUT2D eigenvalue weighted by Crippen LogP contribution is 2.17. The Morgan fingerprint density at radius 2 is 0.931 bits per heavy atom. The van der Waals surface area contributed by atoms with Gasteiger partial charge in [-0.1, -0.05) is 214 Å². The fourth-order valence-corrected chi connectivity index (χ4v) is 6.57. The molecule has 0 saturated heterocycles. The molecule has 1 amide bonds. The van der Waals surface area contributed by atoms with Crippen molar-refractivity contribution < 1.29 is 24.5 Å². The number of aliphatic hydroxyl groups is 2. The number of rotatable bonds is 40. The van der Waals surface area contributed by atoms with Crippen molar-refractivity contribution in [1.82, 2.24) is 5.32 Å². The molecule has 0 aromatic heterocycles. The SMILES string of the molecule is CC/C=C/C=C/C=C\C=C/CCCCCC(=O)OC(CCCCC\C=C/C=C/C=C/C=C/CC)CC(=O)NC(CO)C(O)CCCCCCCCCCCCCCC. The van der Waals surface area contributed by atoms with Gasteiger partial charge in [0.15, 0.2) is 0 Å². The molecule has 0 spiro atoms. The van der Waals surface area contributed by atoms with E-state index in [9.17, 15) is 19.8 Å². The van der Waals surface area contributed by atoms with Crippen molar-refractivity contribution in [2.24, 2.45) is 0 Å². The number of nitrogens with one attached hydrogen (secondary N) is 1. The zero-order chi connectivity index (χ0) is 42.4. The molecule has 0 rings (SSSR count). The zero-order valence-corrected chi connectivity index (χ0v) is 37.4. The Morgan fingerprint density at radius 3 is 1.41 bits per heavy atom. The number of hydrogen-bond acceptors (Lipinski definition) is 5. The van der Waals surface area contributed by atoms with Crippen molar-refractivity contribution in [2.75, 3.05) is 6.61 Å². The first-order valence-corrected chi connectivity index (χ1v) is 23.6. The molecule has 3 atom stereocenters. The lowest BCUT2D eigenvalue weighted by Crippen LogP contribution is -2.46. The number of amides is 1. The summed E-state index contributed by atoms with van der Waals surface area (Å²) in [6.07, 6.45) is 58.9. The minimum Gasteiger partial charge on any atom is -0.462 e. The number of carbonyl (C=O) groups is 2. The van der Waals surface area contributed by atoms with Gasteiger partial charge in [-0.05, 0) is 64.2 Å². The standard InChI is InChI=1S/C52H87NO5/c1-4-7-10-13-16-19-22-25-28-31-34-37-40-43-48(58-52(57)45-42-39-36-33-30-27-24-21-18-15-12-9-6-3)46-51(56)53-49(47-54)50(55)44-41-38-35-32-29-26-23-20-17-14-11-8-5-2/h7,9-10,12-13,15-16,18-19,21-22,24-25,27-28,30,48-50,54-55H,4-6,8,11,14,17,20,23,26,29,31-47H2,1-3H3,(H,53,56)/b10-7+,12-9+,16-13+,18-15+,22-19+,24-21-,28-25-,30-27-. The lowest BCUT2D eigenvalue weighted by molar-refractivity contribution is -0.151. The Hall–Kier alpha value is -3.22. The Bertz CT molecular complexity index is 1180. The molecule has 0 aromatic rings. The predicted molar refractivity (Wildman–Crippen MR) is 250 cm³/mol. The second-order valence-corrected chi connectivity index (χ2v) is 15.6. The van der Waals surface area contributed by atoms with Crippen molar-refractivity contribution in [2.45, 2.75) is 212 Å². The van der Waals surface area contributed by atoms with Gasteiger partial charge >= 0.3 is 5.97 Å². The van der Waals surface area contributed by atoms with Crippen LogP contribution in [-0.4, -0.2) is 46.9 Å². The van der Waals surface area contributed by atoms with Crippen molar-refractivity contribution in [3.63, 3.8) is 0 Å². The van der Waals surface area contributed by atoms with Gasteiger partial charge in [-0.15, -0.1) is 0 Å². The maximum Gasteiger partial charge on any atom is 0.306 e. The molecule has 0 aliphatic rings. The molecule has 0 radical (unpaired) electrons. The molecule has 0 aliphatic heterocycles. The number of esters is 1. The largest absolute Gasteiger partial charge is 0.462 e. The van der Waals surface area contributed by atoms with Crippen LogP contribution >= 0.6 is 0 Å². The van der Waals surface area contributed by atoms with E-state index in [4.69, 9.17) is 4.74 Å². The summed E-state index contributed by atoms with van der Waals surface area (Å²) in [5.74, 6) is -0.570. The minimum atomic E-state index is -0.810. The van der Waals surface area contributed by atoms with Crippen LogP contribution in [-0.2, 0) is 14.3 Å². The van der Waals surface area contributed by atoms with Crippen LogP contribution in [0.2, 0.25) is 0 Å². The summed E-state index contributed by atoms with van der Waals surface area (Å²) >= 11 is 0. The molecule has 6 nitrogen and oxygen atoms in total. The normalized spacial score (nSPS) is 14.2. The Balaban J connectivity index is 4.74. The lowest BCUT2D eigenvalue weighted by Gasteiger charge is -2.24. The van der Waals surface area contributed by atoms with E-state index in [1.807, 2.05) is 60.8 Å². The van der Waals surface area contributed by atoms with Crippen LogP contribution in [0.15, 0.2) is 97.2 Å². The van der Waals surface area contributed by atoms with E-state index in [1.165, 1.54) is 64.2 Å². The molecule has 330 valence electrons. The van der Waals surface area contributed by atoms with E-state index in [1.54, 1.807) is 0 Å². The molecular weight excluding hydrogens is 719 g/mol. The average molecular weight is 806 g/mol. The van der Waals surface area contributed by atoms with Gasteiger partial charge in [0.05, 0.1) is 25.2 Å². The Labute approximate surface area is 356 Å². The summed E-state index contributed by atoms with van der Waals surface area (Å²) in [6.45, 7) is 6.16. The highest BCUT2D eigenvalue weighted by Gasteiger charge is 2.24. The monoisotopic (exact) mass is 806 g/mol. The number of unbranched alkanes of at least 4 members (excludes halogenated alkanes) is 18. The van der Waals surface area contributed by atoms with Gasteiger partial charge in [0.25, 0.3) is 0 Å². The van der Waals surface area contributed by atoms with Crippen molar-refractivity contribution in [3.05, 3.63) is 97.2 Å². The van der Waals surface area contributed by atoms with E-state index >= 15 is 0 Å². The number of allylic oxidation sites excluding steroid dienone is 16. The molecular formula is C52H87NO5. The topological polar surface area (TPSA) is 95.9 Å². The van der Waals surface area contributed by atoms with Crippen molar-refractivity contribution in [1.29, 1.82) is 0 Å². The second-order valence-electron chi connectivity index (χ2n) is 15.6. The number of ether oxygens (including phenoxy) is 1. The van der Waals surface area contributed by atoms with Crippen LogP contribution in [0.5, 0.6) is 0 Å². The average Bonchev–Trinajstić information content (AvgIpc) is 3.22. The van der Waals surface area contributed by atoms with Gasteiger partial charge in [0.2, 0.25) is 5.91 Å². The number of carbonyl (C=O) groups excluding carboxylic acids is 2. The van der Waals surface area contributed by atoms with Crippen LogP contribution in [0, 0.1) is 0 Å². The van der Waals surface area contributed by atoms with E-state index in [0.717, 1.165) is 83.5 Å². The van der Waals surface area contributed by atoms with Crippen LogP contribution < -0.4 is 5.32 Å². The van der Waals surface area contributed by atoms with Gasteiger partial charge in [-0.25, -0.2) is 0 Å². The van der Waals surface area contributed by atoms with Crippen molar-refractivity contribution >= 4 is 11.9 Å². The van der Waals surface area contributed by atoms with Crippen LogP contribution in [0.25, 0.3) is 0 Å². The molecule has 0 aromatic carbocycles. The third kappa shape index (κ3) is 39.6. The molecule has 0 saturated carbocycles. The van der Waals surface area contributed by atoms with Crippen LogP contribution in [0.1, 0.15) is 194 Å². The minimum absolute atomic E-state index is 0.0295.